The number of hydrogen-bond donors (Lipinski definition) is 2. The summed E-state index contributed by atoms with van der Waals surface area (Å²) in [5.41, 5.74) is 0. The van der Waals surface area contributed by atoms with Crippen LogP contribution in [0.2, 0.25) is 0 Å². The van der Waals surface area contributed by atoms with Crippen molar-refractivity contribution in [1.29, 1.82) is 0 Å². The molecule has 0 spiro atoms. The lowest BCUT2D eigenvalue weighted by Gasteiger charge is -2.20. The zero-order valence-electron chi connectivity index (χ0n) is 11.4. The van der Waals surface area contributed by atoms with Crippen molar-refractivity contribution in [2.75, 3.05) is 6.54 Å². The Kier molecular flexibility index (Phi) is 5.48. The Labute approximate surface area is 110 Å². The fourth-order valence-electron chi connectivity index (χ4n) is 3.34. The first-order valence-corrected chi connectivity index (χ1v) is 7.71. The van der Waals surface area contributed by atoms with E-state index < -0.39 is 0 Å². The van der Waals surface area contributed by atoms with Gasteiger partial charge < -0.3 is 10.4 Å². The van der Waals surface area contributed by atoms with Gasteiger partial charge in [0.2, 0.25) is 5.91 Å². The van der Waals surface area contributed by atoms with E-state index in [0.717, 1.165) is 38.6 Å². The van der Waals surface area contributed by atoms with Crippen molar-refractivity contribution in [3.8, 4) is 0 Å². The Hall–Kier alpha value is -0.570. The predicted molar refractivity (Wildman–Crippen MR) is 72.2 cm³/mol. The lowest BCUT2D eigenvalue weighted by atomic mass is 9.90. The molecule has 0 bridgehead atoms. The van der Waals surface area contributed by atoms with E-state index in [9.17, 15) is 9.90 Å². The summed E-state index contributed by atoms with van der Waals surface area (Å²) in [7, 11) is 0. The average molecular weight is 253 g/mol. The molecule has 18 heavy (non-hydrogen) atoms. The van der Waals surface area contributed by atoms with E-state index in [-0.39, 0.29) is 17.9 Å². The van der Waals surface area contributed by atoms with E-state index in [1.54, 1.807) is 0 Å². The standard InChI is InChI=1S/C15H27NO2/c17-14-9-8-12(10-14)11-16-15(18)13-6-4-2-1-3-5-7-13/h12-14,17H,1-11H2,(H,16,18). The van der Waals surface area contributed by atoms with Crippen LogP contribution >= 0.6 is 0 Å². The van der Waals surface area contributed by atoms with Gasteiger partial charge in [0.15, 0.2) is 0 Å². The van der Waals surface area contributed by atoms with Gasteiger partial charge in [0, 0.05) is 12.5 Å². The van der Waals surface area contributed by atoms with Crippen molar-refractivity contribution in [2.45, 2.75) is 70.3 Å². The molecule has 2 aliphatic rings. The molecule has 0 aliphatic heterocycles. The summed E-state index contributed by atoms with van der Waals surface area (Å²) >= 11 is 0. The average Bonchev–Trinajstić information content (AvgIpc) is 2.72. The van der Waals surface area contributed by atoms with Crippen LogP contribution in [0, 0.1) is 11.8 Å². The van der Waals surface area contributed by atoms with Crippen LogP contribution in [0.4, 0.5) is 0 Å². The van der Waals surface area contributed by atoms with Crippen LogP contribution in [0.1, 0.15) is 64.2 Å². The SMILES string of the molecule is O=C(NCC1CCC(O)C1)C1CCCCCCC1. The highest BCUT2D eigenvalue weighted by atomic mass is 16.3. The number of carbonyl (C=O) groups is 1. The third-order valence-corrected chi connectivity index (χ3v) is 4.55. The van der Waals surface area contributed by atoms with Gasteiger partial charge >= 0.3 is 0 Å². The third kappa shape index (κ3) is 4.27. The van der Waals surface area contributed by atoms with Gasteiger partial charge in [0.05, 0.1) is 6.10 Å². The number of rotatable bonds is 3. The normalized spacial score (nSPS) is 30.7. The van der Waals surface area contributed by atoms with Crippen molar-refractivity contribution in [2.24, 2.45) is 11.8 Å². The molecule has 2 fully saturated rings. The summed E-state index contributed by atoms with van der Waals surface area (Å²) < 4.78 is 0. The van der Waals surface area contributed by atoms with Gasteiger partial charge in [-0.2, -0.15) is 0 Å². The minimum absolute atomic E-state index is 0.131. The maximum absolute atomic E-state index is 12.1. The van der Waals surface area contributed by atoms with Crippen molar-refractivity contribution < 1.29 is 9.90 Å². The van der Waals surface area contributed by atoms with Crippen LogP contribution in [0.5, 0.6) is 0 Å². The Morgan fingerprint density at radius 3 is 2.28 bits per heavy atom. The molecule has 0 aromatic carbocycles. The smallest absolute Gasteiger partial charge is 0.223 e. The summed E-state index contributed by atoms with van der Waals surface area (Å²) in [5, 5.41) is 12.6. The van der Waals surface area contributed by atoms with Gasteiger partial charge in [0.25, 0.3) is 0 Å². The molecule has 0 saturated heterocycles. The highest BCUT2D eigenvalue weighted by molar-refractivity contribution is 5.78. The molecular weight excluding hydrogens is 226 g/mol. The van der Waals surface area contributed by atoms with Crippen LogP contribution in [-0.4, -0.2) is 23.7 Å². The second-order valence-corrected chi connectivity index (χ2v) is 6.12. The second-order valence-electron chi connectivity index (χ2n) is 6.12. The Morgan fingerprint density at radius 1 is 1.00 bits per heavy atom. The van der Waals surface area contributed by atoms with Crippen LogP contribution in [-0.2, 0) is 4.79 Å². The minimum atomic E-state index is -0.131. The summed E-state index contributed by atoms with van der Waals surface area (Å²) in [6.45, 7) is 0.770. The second kappa shape index (κ2) is 7.13. The molecule has 3 heteroatoms. The van der Waals surface area contributed by atoms with Crippen LogP contribution in [0.3, 0.4) is 0 Å². The number of aliphatic hydroxyl groups is 1. The molecule has 2 rings (SSSR count). The first kappa shape index (κ1) is 13.9. The van der Waals surface area contributed by atoms with E-state index in [1.807, 2.05) is 0 Å². The van der Waals surface area contributed by atoms with Crippen LogP contribution in [0.15, 0.2) is 0 Å². The maximum Gasteiger partial charge on any atom is 0.223 e. The van der Waals surface area contributed by atoms with Gasteiger partial charge in [-0.05, 0) is 38.0 Å². The fraction of sp³-hybridized carbons (Fsp3) is 0.933. The number of hydrogen-bond acceptors (Lipinski definition) is 2. The van der Waals surface area contributed by atoms with Gasteiger partial charge in [-0.3, -0.25) is 4.79 Å². The molecule has 0 radical (unpaired) electrons. The van der Waals surface area contributed by atoms with E-state index >= 15 is 0 Å². The molecule has 0 heterocycles. The Morgan fingerprint density at radius 2 is 1.67 bits per heavy atom. The van der Waals surface area contributed by atoms with E-state index in [2.05, 4.69) is 5.32 Å². The monoisotopic (exact) mass is 253 g/mol. The summed E-state index contributed by atoms with van der Waals surface area (Å²) in [4.78, 5) is 12.1. The Bertz CT molecular complexity index is 259. The Balaban J connectivity index is 1.69. The van der Waals surface area contributed by atoms with Crippen molar-refractivity contribution in [3.05, 3.63) is 0 Å². The molecule has 2 unspecified atom stereocenters. The van der Waals surface area contributed by atoms with Gasteiger partial charge in [-0.15, -0.1) is 0 Å². The highest BCUT2D eigenvalue weighted by Gasteiger charge is 2.24. The molecule has 3 nitrogen and oxygen atoms in total. The quantitative estimate of drug-likeness (QED) is 0.812. The summed E-state index contributed by atoms with van der Waals surface area (Å²) in [6, 6.07) is 0. The molecule has 0 aromatic heterocycles. The zero-order chi connectivity index (χ0) is 12.8. The molecule has 2 N–H and O–H groups in total. The van der Waals surface area contributed by atoms with Crippen molar-refractivity contribution in [1.82, 2.24) is 5.32 Å². The van der Waals surface area contributed by atoms with Crippen molar-refractivity contribution in [3.63, 3.8) is 0 Å². The lowest BCUT2D eigenvalue weighted by Crippen LogP contribution is -2.34. The van der Waals surface area contributed by atoms with E-state index in [0.29, 0.717) is 5.92 Å². The summed E-state index contributed by atoms with van der Waals surface area (Å²) in [5.74, 6) is 1.01. The van der Waals surface area contributed by atoms with Crippen molar-refractivity contribution >= 4 is 5.91 Å². The molecule has 2 atom stereocenters. The fourth-order valence-corrected chi connectivity index (χ4v) is 3.34. The van der Waals surface area contributed by atoms with Gasteiger partial charge in [-0.25, -0.2) is 0 Å². The number of aliphatic hydroxyl groups excluding tert-OH is 1. The van der Waals surface area contributed by atoms with Gasteiger partial charge in [0.1, 0.15) is 0 Å². The third-order valence-electron chi connectivity index (χ3n) is 4.55. The predicted octanol–water partition coefficient (Wildman–Crippen LogP) is 2.62. The first-order chi connectivity index (χ1) is 8.75. The van der Waals surface area contributed by atoms with E-state index in [4.69, 9.17) is 0 Å². The minimum Gasteiger partial charge on any atom is -0.393 e. The summed E-state index contributed by atoms with van der Waals surface area (Å²) in [6.07, 6.45) is 11.2. The molecular formula is C15H27NO2. The van der Waals surface area contributed by atoms with Crippen LogP contribution < -0.4 is 5.32 Å². The largest absolute Gasteiger partial charge is 0.393 e. The molecule has 104 valence electrons. The molecule has 1 amide bonds. The topological polar surface area (TPSA) is 49.3 Å². The first-order valence-electron chi connectivity index (χ1n) is 7.71. The maximum atomic E-state index is 12.1. The van der Waals surface area contributed by atoms with Gasteiger partial charge in [-0.1, -0.05) is 32.1 Å². The van der Waals surface area contributed by atoms with E-state index in [1.165, 1.54) is 32.1 Å². The molecule has 0 aromatic rings. The molecule has 2 aliphatic carbocycles. The zero-order valence-corrected chi connectivity index (χ0v) is 11.4. The highest BCUT2D eigenvalue weighted by Crippen LogP contribution is 2.25. The number of carbonyl (C=O) groups excluding carboxylic acids is 1. The number of amides is 1. The lowest BCUT2D eigenvalue weighted by molar-refractivity contribution is -0.125. The van der Waals surface area contributed by atoms with Crippen LogP contribution in [0.25, 0.3) is 0 Å². The molecule has 2 saturated carbocycles. The number of nitrogens with one attached hydrogen (secondary N) is 1.